The van der Waals surface area contributed by atoms with E-state index in [-0.39, 0.29) is 18.9 Å². The molecule has 0 aliphatic rings. The Morgan fingerprint density at radius 2 is 1.95 bits per heavy atom. The number of aryl methyl sites for hydroxylation is 2. The van der Waals surface area contributed by atoms with Gasteiger partial charge in [0.05, 0.1) is 6.54 Å². The first kappa shape index (κ1) is 16.1. The monoisotopic (exact) mass is 312 g/mol. The molecule has 1 heterocycles. The number of hydrogen-bond donors (Lipinski definition) is 1. The van der Waals surface area contributed by atoms with Crippen molar-refractivity contribution in [3.8, 4) is 0 Å². The molecule has 22 heavy (non-hydrogen) atoms. The topological polar surface area (TPSA) is 55.1 Å². The van der Waals surface area contributed by atoms with Gasteiger partial charge < -0.3 is 9.73 Å². The van der Waals surface area contributed by atoms with Crippen molar-refractivity contribution in [3.05, 3.63) is 53.2 Å². The number of nitrogens with zero attached hydrogens (tertiary/aromatic N) is 1. The Balaban J connectivity index is 1.89. The first-order valence-electron chi connectivity index (χ1n) is 6.68. The summed E-state index contributed by atoms with van der Waals surface area (Å²) in [6, 6.07) is 6.08. The molecule has 0 radical (unpaired) electrons. The number of rotatable bonds is 5. The van der Waals surface area contributed by atoms with Gasteiger partial charge in [-0.3, -0.25) is 4.79 Å². The Bertz CT molecular complexity index is 633. The second-order valence-corrected chi connectivity index (χ2v) is 4.85. The molecule has 0 spiro atoms. The minimum atomic E-state index is -4.18. The third-order valence-electron chi connectivity index (χ3n) is 3.17. The van der Waals surface area contributed by atoms with E-state index in [1.54, 1.807) is 6.92 Å². The largest absolute Gasteiger partial charge is 0.448 e. The number of amides is 1. The van der Waals surface area contributed by atoms with E-state index in [2.05, 4.69) is 10.3 Å². The maximum absolute atomic E-state index is 12.1. The van der Waals surface area contributed by atoms with Gasteiger partial charge in [-0.25, -0.2) is 4.98 Å². The molecule has 0 aliphatic heterocycles. The highest BCUT2D eigenvalue weighted by molar-refractivity contribution is 5.94. The van der Waals surface area contributed by atoms with Gasteiger partial charge in [-0.15, -0.1) is 0 Å². The average Bonchev–Trinajstić information content (AvgIpc) is 2.88. The molecule has 0 aliphatic carbocycles. The zero-order valence-corrected chi connectivity index (χ0v) is 11.9. The Hall–Kier alpha value is -2.31. The van der Waals surface area contributed by atoms with Crippen LogP contribution in [0.25, 0.3) is 0 Å². The number of halogens is 3. The van der Waals surface area contributed by atoms with Crippen molar-refractivity contribution in [2.24, 2.45) is 0 Å². The Morgan fingerprint density at radius 3 is 2.50 bits per heavy atom. The van der Waals surface area contributed by atoms with E-state index < -0.39 is 12.6 Å². The van der Waals surface area contributed by atoms with Gasteiger partial charge in [-0.1, -0.05) is 12.1 Å². The van der Waals surface area contributed by atoms with Crippen LogP contribution in [0.2, 0.25) is 0 Å². The van der Waals surface area contributed by atoms with Gasteiger partial charge in [0.2, 0.25) is 0 Å². The number of hydrogen-bond acceptors (Lipinski definition) is 3. The van der Waals surface area contributed by atoms with Crippen molar-refractivity contribution in [1.82, 2.24) is 10.3 Å². The van der Waals surface area contributed by atoms with Gasteiger partial charge >= 0.3 is 6.18 Å². The van der Waals surface area contributed by atoms with E-state index in [9.17, 15) is 18.0 Å². The van der Waals surface area contributed by atoms with E-state index in [0.717, 1.165) is 0 Å². The van der Waals surface area contributed by atoms with E-state index in [0.29, 0.717) is 22.6 Å². The quantitative estimate of drug-likeness (QED) is 0.920. The molecule has 1 aromatic carbocycles. The maximum Gasteiger partial charge on any atom is 0.389 e. The summed E-state index contributed by atoms with van der Waals surface area (Å²) >= 11 is 0. The number of carbonyl (C=O) groups is 1. The molecule has 1 N–H and O–H groups in total. The molecule has 1 aromatic heterocycles. The fourth-order valence-electron chi connectivity index (χ4n) is 1.87. The summed E-state index contributed by atoms with van der Waals surface area (Å²) in [4.78, 5) is 15.9. The molecule has 2 aromatic rings. The SMILES string of the molecule is Cc1ocnc1CNC(=O)c1ccc(CCC(F)(F)F)cc1. The molecule has 0 saturated carbocycles. The number of oxazole rings is 1. The average molecular weight is 312 g/mol. The molecule has 1 amide bonds. The van der Waals surface area contributed by atoms with Gasteiger partial charge in [0.25, 0.3) is 5.91 Å². The van der Waals surface area contributed by atoms with E-state index in [1.807, 2.05) is 0 Å². The summed E-state index contributed by atoms with van der Waals surface area (Å²) in [7, 11) is 0. The molecule has 0 unspecified atom stereocenters. The molecule has 0 saturated heterocycles. The molecular weight excluding hydrogens is 297 g/mol. The standard InChI is InChI=1S/C15H15F3N2O2/c1-10-13(20-9-22-10)8-19-14(21)12-4-2-11(3-5-12)6-7-15(16,17)18/h2-5,9H,6-8H2,1H3,(H,19,21). The fourth-order valence-corrected chi connectivity index (χ4v) is 1.87. The van der Waals surface area contributed by atoms with Crippen LogP contribution in [-0.2, 0) is 13.0 Å². The van der Waals surface area contributed by atoms with Gasteiger partial charge in [0.15, 0.2) is 6.39 Å². The van der Waals surface area contributed by atoms with Gasteiger partial charge in [0.1, 0.15) is 11.5 Å². The number of nitrogens with one attached hydrogen (secondary N) is 1. The zero-order chi connectivity index (χ0) is 16.2. The third kappa shape index (κ3) is 4.61. The van der Waals surface area contributed by atoms with Gasteiger partial charge in [-0.05, 0) is 31.0 Å². The maximum atomic E-state index is 12.1. The van der Waals surface area contributed by atoms with Crippen LogP contribution in [0.4, 0.5) is 13.2 Å². The summed E-state index contributed by atoms with van der Waals surface area (Å²) in [6.07, 6.45) is -3.84. The highest BCUT2D eigenvalue weighted by Crippen LogP contribution is 2.22. The minimum absolute atomic E-state index is 0.0937. The van der Waals surface area contributed by atoms with Crippen LogP contribution in [0, 0.1) is 6.92 Å². The lowest BCUT2D eigenvalue weighted by Gasteiger charge is -2.07. The van der Waals surface area contributed by atoms with E-state index in [1.165, 1.54) is 30.7 Å². The third-order valence-corrected chi connectivity index (χ3v) is 3.17. The first-order valence-corrected chi connectivity index (χ1v) is 6.68. The van der Waals surface area contributed by atoms with Crippen LogP contribution in [0.5, 0.6) is 0 Å². The predicted molar refractivity (Wildman–Crippen MR) is 73.2 cm³/mol. The number of aromatic nitrogens is 1. The van der Waals surface area contributed by atoms with Crippen molar-refractivity contribution in [3.63, 3.8) is 0 Å². The zero-order valence-electron chi connectivity index (χ0n) is 11.9. The van der Waals surface area contributed by atoms with Crippen molar-refractivity contribution in [2.45, 2.75) is 32.5 Å². The van der Waals surface area contributed by atoms with E-state index in [4.69, 9.17) is 4.42 Å². The first-order chi connectivity index (χ1) is 10.3. The van der Waals surface area contributed by atoms with Crippen LogP contribution < -0.4 is 5.32 Å². The molecule has 118 valence electrons. The molecule has 2 rings (SSSR count). The van der Waals surface area contributed by atoms with Crippen molar-refractivity contribution in [1.29, 1.82) is 0 Å². The normalized spacial score (nSPS) is 11.5. The molecule has 0 bridgehead atoms. The van der Waals surface area contributed by atoms with Crippen LogP contribution in [0.3, 0.4) is 0 Å². The molecule has 0 atom stereocenters. The highest BCUT2D eigenvalue weighted by atomic mass is 19.4. The molecule has 0 fully saturated rings. The van der Waals surface area contributed by atoms with Crippen LogP contribution in [0.15, 0.2) is 35.1 Å². The molecular formula is C15H15F3N2O2. The number of alkyl halides is 3. The lowest BCUT2D eigenvalue weighted by atomic mass is 10.1. The number of benzene rings is 1. The summed E-state index contributed by atoms with van der Waals surface area (Å²) in [6.45, 7) is 1.97. The lowest BCUT2D eigenvalue weighted by molar-refractivity contribution is -0.134. The summed E-state index contributed by atoms with van der Waals surface area (Å²) in [5, 5.41) is 2.68. The smallest absolute Gasteiger partial charge is 0.389 e. The van der Waals surface area contributed by atoms with Gasteiger partial charge in [-0.2, -0.15) is 13.2 Å². The Kier molecular flexibility index (Phi) is 4.85. The van der Waals surface area contributed by atoms with Crippen molar-refractivity contribution < 1.29 is 22.4 Å². The second-order valence-electron chi connectivity index (χ2n) is 4.85. The second kappa shape index (κ2) is 6.64. The van der Waals surface area contributed by atoms with Crippen LogP contribution in [-0.4, -0.2) is 17.1 Å². The lowest BCUT2D eigenvalue weighted by Crippen LogP contribution is -2.23. The van der Waals surface area contributed by atoms with Crippen LogP contribution in [0.1, 0.15) is 33.8 Å². The van der Waals surface area contributed by atoms with Crippen molar-refractivity contribution in [2.75, 3.05) is 0 Å². The van der Waals surface area contributed by atoms with Crippen LogP contribution >= 0.6 is 0 Å². The minimum Gasteiger partial charge on any atom is -0.448 e. The predicted octanol–water partition coefficient (Wildman–Crippen LogP) is 3.41. The molecule has 4 nitrogen and oxygen atoms in total. The highest BCUT2D eigenvalue weighted by Gasteiger charge is 2.26. The fraction of sp³-hybridized carbons (Fsp3) is 0.333. The van der Waals surface area contributed by atoms with Crippen molar-refractivity contribution >= 4 is 5.91 Å². The number of carbonyl (C=O) groups excluding carboxylic acids is 1. The summed E-state index contributed by atoms with van der Waals surface area (Å²) in [5.41, 5.74) is 1.56. The van der Waals surface area contributed by atoms with E-state index >= 15 is 0 Å². The summed E-state index contributed by atoms with van der Waals surface area (Å²) < 4.78 is 41.4. The Morgan fingerprint density at radius 1 is 1.27 bits per heavy atom. The molecule has 7 heteroatoms. The Labute approximate surface area is 125 Å². The van der Waals surface area contributed by atoms with Gasteiger partial charge in [0, 0.05) is 12.0 Å². The summed E-state index contributed by atoms with van der Waals surface area (Å²) in [5.74, 6) is 0.313.